The van der Waals surface area contributed by atoms with Gasteiger partial charge in [-0.2, -0.15) is 0 Å². The van der Waals surface area contributed by atoms with Gasteiger partial charge in [-0.15, -0.1) is 0 Å². The van der Waals surface area contributed by atoms with Gasteiger partial charge in [0.1, 0.15) is 11.4 Å². The second-order valence-electron chi connectivity index (χ2n) is 8.70. The van der Waals surface area contributed by atoms with E-state index >= 15 is 0 Å². The molecule has 0 unspecified atom stereocenters. The summed E-state index contributed by atoms with van der Waals surface area (Å²) in [5.74, 6) is 0.218. The molecule has 1 fully saturated rings. The largest absolute Gasteiger partial charge is 0.506 e. The maximum absolute atomic E-state index is 9.55. The highest BCUT2D eigenvalue weighted by Gasteiger charge is 2.49. The number of rotatable bonds is 3. The van der Waals surface area contributed by atoms with Crippen molar-refractivity contribution < 1.29 is 9.53 Å². The van der Waals surface area contributed by atoms with Gasteiger partial charge in [-0.25, -0.2) is 4.98 Å². The minimum Gasteiger partial charge on any atom is -0.506 e. The Balaban J connectivity index is 1.75. The van der Waals surface area contributed by atoms with E-state index in [9.17, 15) is 5.11 Å². The monoisotopic (exact) mass is 332 g/mol. The zero-order valence-corrected chi connectivity index (χ0v) is 16.1. The summed E-state index contributed by atoms with van der Waals surface area (Å²) in [7, 11) is -1.74. The number of pyridine rings is 1. The van der Waals surface area contributed by atoms with Crippen LogP contribution in [0.4, 0.5) is 0 Å². The molecule has 1 N–H and O–H groups in total. The molecule has 2 heterocycles. The van der Waals surface area contributed by atoms with Gasteiger partial charge in [0.05, 0.1) is 11.8 Å². The van der Waals surface area contributed by atoms with Crippen LogP contribution in [-0.2, 0) is 4.43 Å². The van der Waals surface area contributed by atoms with Gasteiger partial charge in [-0.1, -0.05) is 20.8 Å². The molecule has 0 atom stereocenters. The first-order valence-corrected chi connectivity index (χ1v) is 11.3. The molecule has 0 saturated heterocycles. The van der Waals surface area contributed by atoms with Crippen molar-refractivity contribution in [1.29, 1.82) is 0 Å². The lowest BCUT2D eigenvalue weighted by Gasteiger charge is -2.52. The van der Waals surface area contributed by atoms with E-state index in [1.165, 1.54) is 6.20 Å². The molecule has 1 saturated carbocycles. The minimum atomic E-state index is -1.74. The number of aromatic hydroxyl groups is 1. The molecule has 0 amide bonds. The third kappa shape index (κ3) is 2.92. The summed E-state index contributed by atoms with van der Waals surface area (Å²) in [4.78, 5) is 4.39. The quantitative estimate of drug-likeness (QED) is 0.817. The standard InChI is InChI=1S/C18H28N2O2Si/c1-17(2,3)23(5,6)22-18(4)10-14(11-18)20-8-7-13-9-15(21)12-19-16(13)20/h7-9,12,14,21H,10-11H2,1-6H3. The van der Waals surface area contributed by atoms with E-state index in [2.05, 4.69) is 56.5 Å². The van der Waals surface area contributed by atoms with Crippen LogP contribution in [-0.4, -0.2) is 28.6 Å². The highest BCUT2D eigenvalue weighted by atomic mass is 28.4. The summed E-state index contributed by atoms with van der Waals surface area (Å²) in [5, 5.41) is 10.8. The van der Waals surface area contributed by atoms with E-state index in [0.717, 1.165) is 23.9 Å². The normalized spacial score (nSPS) is 25.6. The van der Waals surface area contributed by atoms with Crippen molar-refractivity contribution in [2.45, 2.75) is 70.3 Å². The first-order valence-electron chi connectivity index (χ1n) is 8.37. The van der Waals surface area contributed by atoms with Crippen LogP contribution in [0.3, 0.4) is 0 Å². The third-order valence-corrected chi connectivity index (χ3v) is 10.2. The van der Waals surface area contributed by atoms with Crippen molar-refractivity contribution in [2.24, 2.45) is 0 Å². The molecule has 4 nitrogen and oxygen atoms in total. The first-order chi connectivity index (χ1) is 10.5. The van der Waals surface area contributed by atoms with Gasteiger partial charge in [0.25, 0.3) is 0 Å². The molecule has 1 aliphatic rings. The Morgan fingerprint density at radius 2 is 2.00 bits per heavy atom. The molecule has 0 aliphatic heterocycles. The molecule has 5 heteroatoms. The summed E-state index contributed by atoms with van der Waals surface area (Å²) in [6.07, 6.45) is 5.63. The molecule has 2 aromatic heterocycles. The van der Waals surface area contributed by atoms with Crippen LogP contribution in [0.2, 0.25) is 18.1 Å². The molecule has 2 aromatic rings. The average molecular weight is 333 g/mol. The van der Waals surface area contributed by atoms with E-state index in [4.69, 9.17) is 4.43 Å². The van der Waals surface area contributed by atoms with Crippen LogP contribution in [0, 0.1) is 0 Å². The molecule has 0 radical (unpaired) electrons. The van der Waals surface area contributed by atoms with Crippen molar-refractivity contribution in [2.75, 3.05) is 0 Å². The Hall–Kier alpha value is -1.33. The van der Waals surface area contributed by atoms with Crippen LogP contribution >= 0.6 is 0 Å². The van der Waals surface area contributed by atoms with Crippen molar-refractivity contribution in [3.8, 4) is 5.75 Å². The lowest BCUT2D eigenvalue weighted by molar-refractivity contribution is -0.0377. The van der Waals surface area contributed by atoms with Crippen LogP contribution in [0.15, 0.2) is 24.5 Å². The number of hydrogen-bond donors (Lipinski definition) is 1. The van der Waals surface area contributed by atoms with Crippen molar-refractivity contribution in [3.05, 3.63) is 24.5 Å². The fourth-order valence-corrected chi connectivity index (χ4v) is 5.02. The molecular formula is C18H28N2O2Si. The van der Waals surface area contributed by atoms with Gasteiger partial charge < -0.3 is 14.1 Å². The smallest absolute Gasteiger partial charge is 0.192 e. The van der Waals surface area contributed by atoms with Crippen molar-refractivity contribution in [3.63, 3.8) is 0 Å². The van der Waals surface area contributed by atoms with Crippen LogP contribution < -0.4 is 0 Å². The number of hydrogen-bond acceptors (Lipinski definition) is 3. The van der Waals surface area contributed by atoms with E-state index in [1.54, 1.807) is 6.07 Å². The van der Waals surface area contributed by atoms with Crippen LogP contribution in [0.5, 0.6) is 5.75 Å². The van der Waals surface area contributed by atoms with E-state index in [-0.39, 0.29) is 16.4 Å². The number of nitrogens with zero attached hydrogens (tertiary/aromatic N) is 2. The molecule has 0 spiro atoms. The lowest BCUT2D eigenvalue weighted by Crippen LogP contribution is -2.54. The minimum absolute atomic E-state index is 0.0266. The number of fused-ring (bicyclic) bond motifs is 1. The second kappa shape index (κ2) is 5.08. The van der Waals surface area contributed by atoms with E-state index in [0.29, 0.717) is 6.04 Å². The van der Waals surface area contributed by atoms with Crippen LogP contribution in [0.25, 0.3) is 11.0 Å². The first kappa shape index (κ1) is 16.5. The van der Waals surface area contributed by atoms with Gasteiger partial charge in [0.15, 0.2) is 8.32 Å². The van der Waals surface area contributed by atoms with E-state index < -0.39 is 8.32 Å². The predicted molar refractivity (Wildman–Crippen MR) is 96.4 cm³/mol. The van der Waals surface area contributed by atoms with Gasteiger partial charge in [0.2, 0.25) is 0 Å². The third-order valence-electron chi connectivity index (χ3n) is 5.58. The Morgan fingerprint density at radius 3 is 2.61 bits per heavy atom. The SMILES string of the molecule is CC1(O[Si](C)(C)C(C)(C)C)CC(n2ccc3cc(O)cnc32)C1. The Morgan fingerprint density at radius 1 is 1.35 bits per heavy atom. The molecular weight excluding hydrogens is 304 g/mol. The van der Waals surface area contributed by atoms with Gasteiger partial charge in [-0.05, 0) is 50.0 Å². The second-order valence-corrected chi connectivity index (χ2v) is 13.4. The van der Waals surface area contributed by atoms with Gasteiger partial charge in [0, 0.05) is 17.6 Å². The molecule has 1 aliphatic carbocycles. The topological polar surface area (TPSA) is 47.3 Å². The van der Waals surface area contributed by atoms with Gasteiger partial charge in [-0.3, -0.25) is 0 Å². The summed E-state index contributed by atoms with van der Waals surface area (Å²) >= 11 is 0. The molecule has 3 rings (SSSR count). The zero-order chi connectivity index (χ0) is 17.0. The Bertz CT molecular complexity index is 724. The highest BCUT2D eigenvalue weighted by molar-refractivity contribution is 6.74. The zero-order valence-electron chi connectivity index (χ0n) is 15.1. The van der Waals surface area contributed by atoms with Crippen molar-refractivity contribution in [1.82, 2.24) is 9.55 Å². The van der Waals surface area contributed by atoms with Crippen LogP contribution in [0.1, 0.15) is 46.6 Å². The Kier molecular flexibility index (Phi) is 3.65. The molecule has 0 aromatic carbocycles. The fourth-order valence-electron chi connectivity index (χ4n) is 3.31. The van der Waals surface area contributed by atoms with Gasteiger partial charge >= 0.3 is 0 Å². The number of aromatic nitrogens is 2. The fraction of sp³-hybridized carbons (Fsp3) is 0.611. The summed E-state index contributed by atoms with van der Waals surface area (Å²) in [6.45, 7) is 13.7. The molecule has 23 heavy (non-hydrogen) atoms. The summed E-state index contributed by atoms with van der Waals surface area (Å²) < 4.78 is 8.88. The highest BCUT2D eigenvalue weighted by Crippen LogP contribution is 2.49. The predicted octanol–water partition coefficient (Wildman–Crippen LogP) is 4.86. The molecule has 126 valence electrons. The average Bonchev–Trinajstić information content (AvgIpc) is 2.76. The molecule has 0 bridgehead atoms. The summed E-state index contributed by atoms with van der Waals surface area (Å²) in [5.41, 5.74) is 0.920. The van der Waals surface area contributed by atoms with Crippen molar-refractivity contribution >= 4 is 19.4 Å². The lowest BCUT2D eigenvalue weighted by atomic mass is 9.77. The van der Waals surface area contributed by atoms with E-state index in [1.807, 2.05) is 6.07 Å². The maximum atomic E-state index is 9.55. The maximum Gasteiger partial charge on any atom is 0.192 e. The Labute approximate surface area is 139 Å². The summed E-state index contributed by atoms with van der Waals surface area (Å²) in [6, 6.07) is 4.22.